The Hall–Kier alpha value is -1.02. The zero-order valence-electron chi connectivity index (χ0n) is 11.4. The zero-order valence-corrected chi connectivity index (χ0v) is 13.0. The molecular formula is C17H18Cl2O. The lowest BCUT2D eigenvalue weighted by molar-refractivity contribution is 0.175. The van der Waals surface area contributed by atoms with Crippen LogP contribution in [0.2, 0.25) is 10.0 Å². The molecule has 2 rings (SSSR count). The molecular weight excluding hydrogens is 291 g/mol. The van der Waals surface area contributed by atoms with E-state index in [1.54, 1.807) is 12.1 Å². The Morgan fingerprint density at radius 2 is 1.45 bits per heavy atom. The first-order valence-electron chi connectivity index (χ1n) is 6.79. The Morgan fingerprint density at radius 3 is 2.00 bits per heavy atom. The fraction of sp³-hybridized carbons (Fsp3) is 0.294. The van der Waals surface area contributed by atoms with E-state index in [1.165, 1.54) is 5.56 Å². The predicted octanol–water partition coefficient (Wildman–Crippen LogP) is 4.70. The van der Waals surface area contributed by atoms with Gasteiger partial charge in [-0.15, -0.1) is 0 Å². The second kappa shape index (κ2) is 7.12. The molecule has 0 saturated carbocycles. The predicted molar refractivity (Wildman–Crippen MR) is 85.7 cm³/mol. The van der Waals surface area contributed by atoms with Crippen molar-refractivity contribution in [3.63, 3.8) is 0 Å². The SMILES string of the molecule is CCc1ccc(CC(O)Cc2c(Cl)cccc2Cl)cc1. The van der Waals surface area contributed by atoms with Crippen molar-refractivity contribution in [2.75, 3.05) is 0 Å². The summed E-state index contributed by atoms with van der Waals surface area (Å²) in [6.07, 6.45) is 1.61. The van der Waals surface area contributed by atoms with Gasteiger partial charge in [0.25, 0.3) is 0 Å². The van der Waals surface area contributed by atoms with Crippen molar-refractivity contribution in [2.45, 2.75) is 32.3 Å². The number of benzene rings is 2. The summed E-state index contributed by atoms with van der Waals surface area (Å²) in [4.78, 5) is 0. The first kappa shape index (κ1) is 15.4. The van der Waals surface area contributed by atoms with Gasteiger partial charge < -0.3 is 5.11 Å². The smallest absolute Gasteiger partial charge is 0.0621 e. The maximum absolute atomic E-state index is 10.2. The number of hydrogen-bond acceptors (Lipinski definition) is 1. The summed E-state index contributed by atoms with van der Waals surface area (Å²) in [6, 6.07) is 13.7. The fourth-order valence-electron chi connectivity index (χ4n) is 2.22. The second-order valence-electron chi connectivity index (χ2n) is 4.93. The molecule has 0 fully saturated rings. The van der Waals surface area contributed by atoms with Gasteiger partial charge in [-0.3, -0.25) is 0 Å². The highest BCUT2D eigenvalue weighted by Gasteiger charge is 2.12. The molecule has 0 aliphatic heterocycles. The summed E-state index contributed by atoms with van der Waals surface area (Å²) >= 11 is 12.2. The molecule has 1 N–H and O–H groups in total. The maximum atomic E-state index is 10.2. The summed E-state index contributed by atoms with van der Waals surface area (Å²) < 4.78 is 0. The van der Waals surface area contributed by atoms with E-state index in [4.69, 9.17) is 23.2 Å². The molecule has 2 aromatic carbocycles. The Bertz CT molecular complexity index is 543. The largest absolute Gasteiger partial charge is 0.392 e. The average molecular weight is 309 g/mol. The van der Waals surface area contributed by atoms with Gasteiger partial charge in [0.05, 0.1) is 6.10 Å². The van der Waals surface area contributed by atoms with Crippen LogP contribution >= 0.6 is 23.2 Å². The van der Waals surface area contributed by atoms with Crippen molar-refractivity contribution in [3.8, 4) is 0 Å². The van der Waals surface area contributed by atoms with Crippen LogP contribution in [0.4, 0.5) is 0 Å². The second-order valence-corrected chi connectivity index (χ2v) is 5.75. The maximum Gasteiger partial charge on any atom is 0.0621 e. The molecule has 1 nitrogen and oxygen atoms in total. The number of aryl methyl sites for hydroxylation is 1. The van der Waals surface area contributed by atoms with Crippen LogP contribution in [0.25, 0.3) is 0 Å². The van der Waals surface area contributed by atoms with Gasteiger partial charge in [0.15, 0.2) is 0 Å². The van der Waals surface area contributed by atoms with Crippen LogP contribution in [0.3, 0.4) is 0 Å². The van der Waals surface area contributed by atoms with Gasteiger partial charge in [-0.2, -0.15) is 0 Å². The first-order valence-corrected chi connectivity index (χ1v) is 7.54. The molecule has 0 radical (unpaired) electrons. The van der Waals surface area contributed by atoms with E-state index in [2.05, 4.69) is 31.2 Å². The zero-order chi connectivity index (χ0) is 14.5. The quantitative estimate of drug-likeness (QED) is 0.848. The van der Waals surface area contributed by atoms with Gasteiger partial charge in [-0.1, -0.05) is 60.5 Å². The van der Waals surface area contributed by atoms with Crippen LogP contribution < -0.4 is 0 Å². The molecule has 0 bridgehead atoms. The van der Waals surface area contributed by atoms with Crippen molar-refractivity contribution >= 4 is 23.2 Å². The first-order chi connectivity index (χ1) is 9.60. The van der Waals surface area contributed by atoms with E-state index >= 15 is 0 Å². The Balaban J connectivity index is 2.03. The summed E-state index contributed by atoms with van der Waals surface area (Å²) in [7, 11) is 0. The Labute approximate surface area is 130 Å². The molecule has 0 aromatic heterocycles. The minimum absolute atomic E-state index is 0.466. The molecule has 20 heavy (non-hydrogen) atoms. The van der Waals surface area contributed by atoms with Gasteiger partial charge in [-0.05, 0) is 41.7 Å². The molecule has 0 heterocycles. The minimum atomic E-state index is -0.486. The van der Waals surface area contributed by atoms with Gasteiger partial charge in [0.2, 0.25) is 0 Å². The van der Waals surface area contributed by atoms with Crippen molar-refractivity contribution in [1.82, 2.24) is 0 Å². The summed E-state index contributed by atoms with van der Waals surface area (Å²) in [5, 5.41) is 11.4. The van der Waals surface area contributed by atoms with E-state index in [0.29, 0.717) is 22.9 Å². The van der Waals surface area contributed by atoms with E-state index in [-0.39, 0.29) is 0 Å². The van der Waals surface area contributed by atoms with E-state index in [1.807, 2.05) is 6.07 Å². The molecule has 0 saturated heterocycles. The average Bonchev–Trinajstić information content (AvgIpc) is 2.44. The molecule has 1 unspecified atom stereocenters. The van der Waals surface area contributed by atoms with E-state index in [0.717, 1.165) is 17.5 Å². The Kier molecular flexibility index (Phi) is 5.47. The number of aliphatic hydroxyl groups is 1. The third-order valence-corrected chi connectivity index (χ3v) is 4.11. The van der Waals surface area contributed by atoms with Gasteiger partial charge in [-0.25, -0.2) is 0 Å². The monoisotopic (exact) mass is 308 g/mol. The molecule has 3 heteroatoms. The summed E-state index contributed by atoms with van der Waals surface area (Å²) in [6.45, 7) is 2.13. The third-order valence-electron chi connectivity index (χ3n) is 3.40. The molecule has 106 valence electrons. The molecule has 0 aliphatic carbocycles. The van der Waals surface area contributed by atoms with Gasteiger partial charge in [0, 0.05) is 16.5 Å². The molecule has 0 aliphatic rings. The lowest BCUT2D eigenvalue weighted by atomic mass is 10.00. The topological polar surface area (TPSA) is 20.2 Å². The standard InChI is InChI=1S/C17H18Cl2O/c1-2-12-6-8-13(9-7-12)10-14(20)11-15-16(18)4-3-5-17(15)19/h3-9,14,20H,2,10-11H2,1H3. The third kappa shape index (κ3) is 3.99. The fourth-order valence-corrected chi connectivity index (χ4v) is 2.77. The number of rotatable bonds is 5. The lowest BCUT2D eigenvalue weighted by Gasteiger charge is -2.13. The number of aliphatic hydroxyl groups excluding tert-OH is 1. The van der Waals surface area contributed by atoms with Crippen LogP contribution in [-0.4, -0.2) is 11.2 Å². The van der Waals surface area contributed by atoms with E-state index in [9.17, 15) is 5.11 Å². The van der Waals surface area contributed by atoms with Crippen molar-refractivity contribution in [1.29, 1.82) is 0 Å². The number of halogens is 2. The van der Waals surface area contributed by atoms with Crippen LogP contribution in [0.1, 0.15) is 23.6 Å². The molecule has 1 atom stereocenters. The minimum Gasteiger partial charge on any atom is -0.392 e. The lowest BCUT2D eigenvalue weighted by Crippen LogP contribution is -2.14. The molecule has 2 aromatic rings. The Morgan fingerprint density at radius 1 is 0.900 bits per heavy atom. The highest BCUT2D eigenvalue weighted by atomic mass is 35.5. The van der Waals surface area contributed by atoms with E-state index < -0.39 is 6.10 Å². The van der Waals surface area contributed by atoms with Crippen molar-refractivity contribution < 1.29 is 5.11 Å². The van der Waals surface area contributed by atoms with Crippen molar-refractivity contribution in [3.05, 3.63) is 69.2 Å². The van der Waals surface area contributed by atoms with Crippen LogP contribution in [-0.2, 0) is 19.3 Å². The summed E-state index contributed by atoms with van der Waals surface area (Å²) in [5.41, 5.74) is 3.24. The highest BCUT2D eigenvalue weighted by Crippen LogP contribution is 2.26. The van der Waals surface area contributed by atoms with Gasteiger partial charge >= 0.3 is 0 Å². The van der Waals surface area contributed by atoms with Crippen LogP contribution in [0.5, 0.6) is 0 Å². The molecule has 0 spiro atoms. The number of hydrogen-bond donors (Lipinski definition) is 1. The normalized spacial score (nSPS) is 12.4. The van der Waals surface area contributed by atoms with Crippen molar-refractivity contribution in [2.24, 2.45) is 0 Å². The van der Waals surface area contributed by atoms with Crippen LogP contribution in [0.15, 0.2) is 42.5 Å². The highest BCUT2D eigenvalue weighted by molar-refractivity contribution is 6.35. The van der Waals surface area contributed by atoms with Crippen LogP contribution in [0, 0.1) is 0 Å². The van der Waals surface area contributed by atoms with Gasteiger partial charge in [0.1, 0.15) is 0 Å². The summed E-state index contributed by atoms with van der Waals surface area (Å²) in [5.74, 6) is 0. The molecule has 0 amide bonds.